The number of nitrogens with zero attached hydrogens (tertiary/aromatic N) is 2. The number of hydrogen-bond donors (Lipinski definition) is 1. The molecule has 2 heterocycles. The molecule has 26 heavy (non-hydrogen) atoms. The van der Waals surface area contributed by atoms with Crippen LogP contribution in [0.15, 0.2) is 30.3 Å². The molecule has 1 aromatic carbocycles. The SMILES string of the molecule is NC1CCN(C(=O)C2CC3CCCCC3N2C(=O)c2ccccc2)CC1. The Morgan fingerprint density at radius 3 is 2.38 bits per heavy atom. The number of fused-ring (bicyclic) bond motifs is 1. The van der Waals surface area contributed by atoms with Gasteiger partial charge in [0, 0.05) is 30.7 Å². The normalized spacial score (nSPS) is 29.5. The topological polar surface area (TPSA) is 66.6 Å². The maximum Gasteiger partial charge on any atom is 0.254 e. The first-order valence-electron chi connectivity index (χ1n) is 10.1. The molecule has 4 rings (SSSR count). The predicted octanol–water partition coefficient (Wildman–Crippen LogP) is 2.41. The van der Waals surface area contributed by atoms with E-state index in [1.165, 1.54) is 6.42 Å². The van der Waals surface area contributed by atoms with Gasteiger partial charge < -0.3 is 15.5 Å². The predicted molar refractivity (Wildman–Crippen MR) is 101 cm³/mol. The maximum atomic E-state index is 13.3. The van der Waals surface area contributed by atoms with E-state index in [1.54, 1.807) is 0 Å². The molecule has 0 bridgehead atoms. The fourth-order valence-electron chi connectivity index (χ4n) is 5.03. The number of carbonyl (C=O) groups is 2. The van der Waals surface area contributed by atoms with Gasteiger partial charge in [-0.1, -0.05) is 31.0 Å². The second kappa shape index (κ2) is 7.39. The van der Waals surface area contributed by atoms with Gasteiger partial charge in [-0.15, -0.1) is 0 Å². The van der Waals surface area contributed by atoms with Gasteiger partial charge in [0.1, 0.15) is 6.04 Å². The van der Waals surface area contributed by atoms with E-state index in [-0.39, 0.29) is 29.9 Å². The second-order valence-electron chi connectivity index (χ2n) is 8.10. The minimum Gasteiger partial charge on any atom is -0.341 e. The second-order valence-corrected chi connectivity index (χ2v) is 8.10. The van der Waals surface area contributed by atoms with Gasteiger partial charge >= 0.3 is 0 Å². The minimum absolute atomic E-state index is 0.0204. The van der Waals surface area contributed by atoms with Crippen LogP contribution in [0.3, 0.4) is 0 Å². The molecule has 140 valence electrons. The molecule has 5 heteroatoms. The molecule has 3 atom stereocenters. The average molecular weight is 355 g/mol. The zero-order valence-electron chi connectivity index (χ0n) is 15.3. The first-order chi connectivity index (χ1) is 12.6. The van der Waals surface area contributed by atoms with Crippen LogP contribution in [0.5, 0.6) is 0 Å². The Balaban J connectivity index is 1.59. The lowest BCUT2D eigenvalue weighted by molar-refractivity contribution is -0.136. The van der Waals surface area contributed by atoms with Crippen LogP contribution in [-0.2, 0) is 4.79 Å². The minimum atomic E-state index is -0.301. The van der Waals surface area contributed by atoms with Crippen LogP contribution in [0.4, 0.5) is 0 Å². The van der Waals surface area contributed by atoms with E-state index in [0.717, 1.165) is 51.6 Å². The summed E-state index contributed by atoms with van der Waals surface area (Å²) in [5.74, 6) is 0.625. The Morgan fingerprint density at radius 1 is 0.962 bits per heavy atom. The van der Waals surface area contributed by atoms with Gasteiger partial charge in [-0.25, -0.2) is 0 Å². The largest absolute Gasteiger partial charge is 0.341 e. The number of likely N-dealkylation sites (tertiary alicyclic amines) is 2. The molecule has 0 aromatic heterocycles. The van der Waals surface area contributed by atoms with Crippen molar-refractivity contribution in [3.8, 4) is 0 Å². The van der Waals surface area contributed by atoms with E-state index in [4.69, 9.17) is 5.73 Å². The van der Waals surface area contributed by atoms with Crippen molar-refractivity contribution < 1.29 is 9.59 Å². The third kappa shape index (κ3) is 3.25. The lowest BCUT2D eigenvalue weighted by Crippen LogP contribution is -2.53. The number of carbonyl (C=O) groups excluding carboxylic acids is 2. The molecule has 5 nitrogen and oxygen atoms in total. The maximum absolute atomic E-state index is 13.3. The highest BCUT2D eigenvalue weighted by Crippen LogP contribution is 2.41. The Morgan fingerprint density at radius 2 is 1.65 bits per heavy atom. The van der Waals surface area contributed by atoms with E-state index in [2.05, 4.69) is 0 Å². The molecule has 3 unspecified atom stereocenters. The quantitative estimate of drug-likeness (QED) is 0.886. The summed E-state index contributed by atoms with van der Waals surface area (Å²) >= 11 is 0. The van der Waals surface area contributed by atoms with Gasteiger partial charge in [-0.05, 0) is 50.2 Å². The highest BCUT2D eigenvalue weighted by molar-refractivity contribution is 5.98. The van der Waals surface area contributed by atoms with Crippen LogP contribution in [0, 0.1) is 5.92 Å². The van der Waals surface area contributed by atoms with Crippen LogP contribution < -0.4 is 5.73 Å². The molecule has 0 radical (unpaired) electrons. The zero-order chi connectivity index (χ0) is 18.1. The van der Waals surface area contributed by atoms with Gasteiger partial charge in [-0.2, -0.15) is 0 Å². The number of amides is 2. The third-order valence-electron chi connectivity index (χ3n) is 6.48. The molecule has 2 aliphatic heterocycles. The van der Waals surface area contributed by atoms with E-state index in [0.29, 0.717) is 11.5 Å². The molecular weight excluding hydrogens is 326 g/mol. The van der Waals surface area contributed by atoms with Crippen molar-refractivity contribution in [2.24, 2.45) is 11.7 Å². The van der Waals surface area contributed by atoms with Crippen molar-refractivity contribution in [3.63, 3.8) is 0 Å². The molecule has 3 fully saturated rings. The monoisotopic (exact) mass is 355 g/mol. The third-order valence-corrected chi connectivity index (χ3v) is 6.48. The highest BCUT2D eigenvalue weighted by Gasteiger charge is 2.48. The Bertz CT molecular complexity index is 654. The van der Waals surface area contributed by atoms with Gasteiger partial charge in [-0.3, -0.25) is 9.59 Å². The van der Waals surface area contributed by atoms with Crippen molar-refractivity contribution in [2.45, 2.75) is 63.1 Å². The van der Waals surface area contributed by atoms with Crippen LogP contribution in [-0.4, -0.2) is 52.8 Å². The fourth-order valence-corrected chi connectivity index (χ4v) is 5.03. The summed E-state index contributed by atoms with van der Waals surface area (Å²) in [4.78, 5) is 30.5. The molecule has 1 saturated carbocycles. The molecule has 1 aliphatic carbocycles. The van der Waals surface area contributed by atoms with Crippen LogP contribution >= 0.6 is 0 Å². The lowest BCUT2D eigenvalue weighted by atomic mass is 9.84. The number of piperidine rings is 1. The average Bonchev–Trinajstić information content (AvgIpc) is 3.07. The molecule has 3 aliphatic rings. The number of benzene rings is 1. The standard InChI is InChI=1S/C21H29N3O2/c22-17-10-12-23(13-11-17)21(26)19-14-16-8-4-5-9-18(16)24(19)20(25)15-6-2-1-3-7-15/h1-3,6-7,16-19H,4-5,8-14,22H2. The van der Waals surface area contributed by atoms with Crippen molar-refractivity contribution in [1.82, 2.24) is 9.80 Å². The first kappa shape index (κ1) is 17.5. The molecule has 2 saturated heterocycles. The summed E-state index contributed by atoms with van der Waals surface area (Å²) in [6.07, 6.45) is 7.07. The first-order valence-corrected chi connectivity index (χ1v) is 10.1. The van der Waals surface area contributed by atoms with E-state index >= 15 is 0 Å². The summed E-state index contributed by atoms with van der Waals surface area (Å²) in [5, 5.41) is 0. The van der Waals surface area contributed by atoms with Crippen LogP contribution in [0.1, 0.15) is 55.3 Å². The molecule has 1 aromatic rings. The van der Waals surface area contributed by atoms with E-state index in [9.17, 15) is 9.59 Å². The Hall–Kier alpha value is -1.88. The van der Waals surface area contributed by atoms with Gasteiger partial charge in [0.15, 0.2) is 0 Å². The van der Waals surface area contributed by atoms with Crippen molar-refractivity contribution in [2.75, 3.05) is 13.1 Å². The summed E-state index contributed by atoms with van der Waals surface area (Å²) in [6.45, 7) is 1.44. The number of rotatable bonds is 2. The van der Waals surface area contributed by atoms with Crippen molar-refractivity contribution in [3.05, 3.63) is 35.9 Å². The van der Waals surface area contributed by atoms with Crippen LogP contribution in [0.25, 0.3) is 0 Å². The molecular formula is C21H29N3O2. The fraction of sp³-hybridized carbons (Fsp3) is 0.619. The lowest BCUT2D eigenvalue weighted by Gasteiger charge is -2.37. The molecule has 0 spiro atoms. The van der Waals surface area contributed by atoms with Gasteiger partial charge in [0.05, 0.1) is 0 Å². The molecule has 2 amide bonds. The van der Waals surface area contributed by atoms with E-state index < -0.39 is 0 Å². The highest BCUT2D eigenvalue weighted by atomic mass is 16.2. The zero-order valence-corrected chi connectivity index (χ0v) is 15.3. The number of nitrogens with two attached hydrogens (primary N) is 1. The molecule has 2 N–H and O–H groups in total. The summed E-state index contributed by atoms with van der Waals surface area (Å²) in [5.41, 5.74) is 6.69. The van der Waals surface area contributed by atoms with Crippen molar-refractivity contribution >= 4 is 11.8 Å². The number of hydrogen-bond acceptors (Lipinski definition) is 3. The van der Waals surface area contributed by atoms with Crippen LogP contribution in [0.2, 0.25) is 0 Å². The van der Waals surface area contributed by atoms with E-state index in [1.807, 2.05) is 40.1 Å². The summed E-state index contributed by atoms with van der Waals surface area (Å²) < 4.78 is 0. The summed E-state index contributed by atoms with van der Waals surface area (Å²) in [7, 11) is 0. The Labute approximate surface area is 155 Å². The summed E-state index contributed by atoms with van der Waals surface area (Å²) in [6, 6.07) is 9.55. The van der Waals surface area contributed by atoms with Gasteiger partial charge in [0.25, 0.3) is 5.91 Å². The smallest absolute Gasteiger partial charge is 0.254 e. The Kier molecular flexibility index (Phi) is 4.98. The van der Waals surface area contributed by atoms with Crippen molar-refractivity contribution in [1.29, 1.82) is 0 Å². The van der Waals surface area contributed by atoms with Gasteiger partial charge in [0.2, 0.25) is 5.91 Å².